The average Bonchev–Trinajstić information content (AvgIpc) is 3.03. The number of imidazole rings is 1. The van der Waals surface area contributed by atoms with E-state index in [1.54, 1.807) is 49.7 Å². The smallest absolute Gasteiger partial charge is 0.188 e. The van der Waals surface area contributed by atoms with Gasteiger partial charge in [-0.1, -0.05) is 0 Å². The molecule has 3 N–H and O–H groups in total. The topological polar surface area (TPSA) is 120 Å². The number of rotatable bonds is 4. The van der Waals surface area contributed by atoms with Gasteiger partial charge in [-0.05, 0) is 26.8 Å². The molecule has 0 spiro atoms. The van der Waals surface area contributed by atoms with Crippen molar-refractivity contribution in [3.05, 3.63) is 36.3 Å². The maximum absolute atomic E-state index is 13.0. The van der Waals surface area contributed by atoms with E-state index < -0.39 is 14.6 Å². The van der Waals surface area contributed by atoms with Crippen LogP contribution in [0.1, 0.15) is 26.3 Å². The first-order chi connectivity index (χ1) is 12.6. The number of sulfone groups is 1. The van der Waals surface area contributed by atoms with E-state index in [2.05, 4.69) is 9.97 Å². The first-order valence-corrected chi connectivity index (χ1v) is 9.74. The number of anilines is 1. The zero-order chi connectivity index (χ0) is 20.0. The molecule has 9 heteroatoms. The summed E-state index contributed by atoms with van der Waals surface area (Å²) < 4.78 is 32.0. The third-order valence-corrected chi connectivity index (χ3v) is 6.86. The number of aromatic nitrogens is 3. The number of hydrogen-bond donors (Lipinski definition) is 2. The normalized spacial score (nSPS) is 12.5. The van der Waals surface area contributed by atoms with Crippen LogP contribution < -0.4 is 10.5 Å². The summed E-state index contributed by atoms with van der Waals surface area (Å²) in [5.41, 5.74) is 8.04. The van der Waals surface area contributed by atoms with Crippen molar-refractivity contribution in [1.82, 2.24) is 14.4 Å². The molecule has 3 heterocycles. The van der Waals surface area contributed by atoms with Crippen LogP contribution in [0.25, 0.3) is 16.9 Å². The molecule has 0 saturated heterocycles. The molecule has 3 rings (SSSR count). The van der Waals surface area contributed by atoms with Crippen LogP contribution in [0.2, 0.25) is 0 Å². The Bertz CT molecular complexity index is 1110. The number of pyridine rings is 2. The van der Waals surface area contributed by atoms with E-state index in [1.807, 2.05) is 0 Å². The lowest BCUT2D eigenvalue weighted by molar-refractivity contribution is 0.282. The molecule has 3 aromatic rings. The molecule has 0 aliphatic rings. The van der Waals surface area contributed by atoms with E-state index in [9.17, 15) is 13.5 Å². The number of methoxy groups -OCH3 is 1. The maximum Gasteiger partial charge on any atom is 0.188 e. The van der Waals surface area contributed by atoms with Gasteiger partial charge in [0.05, 0.1) is 30.4 Å². The lowest BCUT2D eigenvalue weighted by atomic mass is 10.1. The summed E-state index contributed by atoms with van der Waals surface area (Å²) in [7, 11) is -2.23. The van der Waals surface area contributed by atoms with Gasteiger partial charge in [-0.25, -0.2) is 18.4 Å². The number of nitrogens with zero attached hydrogens (tertiary/aromatic N) is 3. The number of aliphatic hydroxyl groups excluding tert-OH is 1. The second-order valence-corrected chi connectivity index (χ2v) is 9.79. The average molecular weight is 390 g/mol. The van der Waals surface area contributed by atoms with Crippen molar-refractivity contribution < 1.29 is 18.3 Å². The second-order valence-electron chi connectivity index (χ2n) is 7.12. The Morgan fingerprint density at radius 1 is 1.22 bits per heavy atom. The molecule has 8 nitrogen and oxygen atoms in total. The summed E-state index contributed by atoms with van der Waals surface area (Å²) in [6.45, 7) is 4.66. The number of hydrogen-bond acceptors (Lipinski definition) is 7. The molecule has 0 aromatic carbocycles. The molecule has 0 amide bonds. The molecule has 0 bridgehead atoms. The number of nitrogens with two attached hydrogens (primary N) is 1. The van der Waals surface area contributed by atoms with Crippen LogP contribution in [0, 0.1) is 0 Å². The number of ether oxygens (including phenoxy) is 1. The summed E-state index contributed by atoms with van der Waals surface area (Å²) >= 11 is 0. The fourth-order valence-corrected chi connectivity index (χ4v) is 3.99. The zero-order valence-corrected chi connectivity index (χ0v) is 16.4. The van der Waals surface area contributed by atoms with Crippen LogP contribution >= 0.6 is 0 Å². The summed E-state index contributed by atoms with van der Waals surface area (Å²) in [6.07, 6.45) is 4.67. The molecule has 0 unspecified atom stereocenters. The van der Waals surface area contributed by atoms with Crippen molar-refractivity contribution in [3.8, 4) is 17.0 Å². The predicted octanol–water partition coefficient (Wildman–Crippen LogP) is 2.05. The number of aliphatic hydroxyl groups is 1. The molecule has 0 aliphatic heterocycles. The number of fused-ring (bicyclic) bond motifs is 1. The summed E-state index contributed by atoms with van der Waals surface area (Å²) in [5.74, 6) is 0.480. The van der Waals surface area contributed by atoms with Gasteiger partial charge in [0.15, 0.2) is 9.84 Å². The molecule has 0 saturated carbocycles. The SMILES string of the molecule is COc1cc2ncc(-c3cnc(N)c(CO)c3)n2cc1S(=O)(=O)C(C)(C)C. The number of nitrogen functional groups attached to an aromatic ring is 1. The van der Waals surface area contributed by atoms with Gasteiger partial charge in [-0.2, -0.15) is 0 Å². The van der Waals surface area contributed by atoms with Gasteiger partial charge >= 0.3 is 0 Å². The molecule has 0 aliphatic carbocycles. The van der Waals surface area contributed by atoms with Crippen LogP contribution in [-0.4, -0.2) is 39.7 Å². The maximum atomic E-state index is 13.0. The van der Waals surface area contributed by atoms with Crippen molar-refractivity contribution in [3.63, 3.8) is 0 Å². The molecule has 0 radical (unpaired) electrons. The summed E-state index contributed by atoms with van der Waals surface area (Å²) in [4.78, 5) is 8.50. The van der Waals surface area contributed by atoms with Crippen molar-refractivity contribution in [2.45, 2.75) is 37.0 Å². The standard InChI is InChI=1S/C18H22N4O4S/c1-18(2,3)27(24,25)15-9-22-13(8-20-16(22)6-14(15)26-4)11-5-12(10-23)17(19)21-7-11/h5-9,23H,10H2,1-4H3,(H2,19,21). The van der Waals surface area contributed by atoms with Gasteiger partial charge in [-0.3, -0.25) is 4.40 Å². The summed E-state index contributed by atoms with van der Waals surface area (Å²) in [6, 6.07) is 3.29. The molecular formula is C18H22N4O4S. The van der Waals surface area contributed by atoms with Crippen LogP contribution in [0.3, 0.4) is 0 Å². The monoisotopic (exact) mass is 390 g/mol. The van der Waals surface area contributed by atoms with Gasteiger partial charge < -0.3 is 15.6 Å². The Morgan fingerprint density at radius 3 is 2.52 bits per heavy atom. The van der Waals surface area contributed by atoms with Gasteiger partial charge in [0, 0.05) is 29.6 Å². The lowest BCUT2D eigenvalue weighted by Gasteiger charge is -2.21. The Balaban J connectivity index is 2.29. The molecule has 27 heavy (non-hydrogen) atoms. The van der Waals surface area contributed by atoms with Crippen molar-refractivity contribution in [2.75, 3.05) is 12.8 Å². The Morgan fingerprint density at radius 2 is 1.93 bits per heavy atom. The van der Waals surface area contributed by atoms with E-state index in [0.29, 0.717) is 22.5 Å². The highest BCUT2D eigenvalue weighted by Gasteiger charge is 2.34. The van der Waals surface area contributed by atoms with Crippen molar-refractivity contribution in [1.29, 1.82) is 0 Å². The highest BCUT2D eigenvalue weighted by atomic mass is 32.2. The van der Waals surface area contributed by atoms with E-state index in [-0.39, 0.29) is 23.1 Å². The van der Waals surface area contributed by atoms with Gasteiger partial charge in [0.25, 0.3) is 0 Å². The Labute approximate surface area is 157 Å². The minimum Gasteiger partial charge on any atom is -0.495 e. The van der Waals surface area contributed by atoms with Crippen LogP contribution in [0.5, 0.6) is 5.75 Å². The quantitative estimate of drug-likeness (QED) is 0.699. The van der Waals surface area contributed by atoms with E-state index >= 15 is 0 Å². The minimum absolute atomic E-state index is 0.0787. The summed E-state index contributed by atoms with van der Waals surface area (Å²) in [5, 5.41) is 9.42. The highest BCUT2D eigenvalue weighted by Crippen LogP contribution is 2.34. The molecular weight excluding hydrogens is 368 g/mol. The molecule has 0 atom stereocenters. The van der Waals surface area contributed by atoms with Gasteiger partial charge in [0.1, 0.15) is 22.1 Å². The van der Waals surface area contributed by atoms with E-state index in [0.717, 1.165) is 0 Å². The molecule has 3 aromatic heterocycles. The van der Waals surface area contributed by atoms with Crippen LogP contribution in [0.15, 0.2) is 35.6 Å². The molecule has 144 valence electrons. The van der Waals surface area contributed by atoms with Crippen molar-refractivity contribution >= 4 is 21.3 Å². The fourth-order valence-electron chi connectivity index (χ4n) is 2.68. The van der Waals surface area contributed by atoms with E-state index in [4.69, 9.17) is 10.5 Å². The van der Waals surface area contributed by atoms with Gasteiger partial charge in [0.2, 0.25) is 0 Å². The lowest BCUT2D eigenvalue weighted by Crippen LogP contribution is -2.28. The minimum atomic E-state index is -3.66. The van der Waals surface area contributed by atoms with Crippen molar-refractivity contribution in [2.24, 2.45) is 0 Å². The Hall–Kier alpha value is -2.65. The first-order valence-electron chi connectivity index (χ1n) is 8.25. The second kappa shape index (κ2) is 6.50. The first kappa shape index (κ1) is 19.1. The Kier molecular flexibility index (Phi) is 4.61. The van der Waals surface area contributed by atoms with Crippen LogP contribution in [0.4, 0.5) is 5.82 Å². The van der Waals surface area contributed by atoms with Gasteiger partial charge in [-0.15, -0.1) is 0 Å². The molecule has 0 fully saturated rings. The fraction of sp³-hybridized carbons (Fsp3) is 0.333. The van der Waals surface area contributed by atoms with E-state index in [1.165, 1.54) is 13.3 Å². The third-order valence-electron chi connectivity index (χ3n) is 4.36. The largest absolute Gasteiger partial charge is 0.495 e. The third kappa shape index (κ3) is 3.13. The zero-order valence-electron chi connectivity index (χ0n) is 15.6. The predicted molar refractivity (Wildman–Crippen MR) is 102 cm³/mol. The van der Waals surface area contributed by atoms with Crippen LogP contribution in [-0.2, 0) is 16.4 Å². The highest BCUT2D eigenvalue weighted by molar-refractivity contribution is 7.92.